The van der Waals surface area contributed by atoms with Crippen LogP contribution < -0.4 is 15.4 Å². The minimum atomic E-state index is -0.943. The summed E-state index contributed by atoms with van der Waals surface area (Å²) in [6, 6.07) is 12.7. The van der Waals surface area contributed by atoms with E-state index < -0.39 is 12.0 Å². The van der Waals surface area contributed by atoms with Gasteiger partial charge < -0.3 is 25.9 Å². The molecule has 0 aliphatic carbocycles. The molecule has 0 saturated carbocycles. The van der Waals surface area contributed by atoms with Gasteiger partial charge in [0.25, 0.3) is 0 Å². The Hall–Kier alpha value is -4.73. The van der Waals surface area contributed by atoms with Crippen molar-refractivity contribution in [3.8, 4) is 11.4 Å². The molecule has 1 aromatic carbocycles. The normalized spacial score (nSPS) is 13.2. The zero-order valence-corrected chi connectivity index (χ0v) is 20.8. The Bertz CT molecular complexity index is 1420. The number of carbonyl (C=O) groups is 1. The molecule has 194 valence electrons. The van der Waals surface area contributed by atoms with Gasteiger partial charge in [0.05, 0.1) is 31.0 Å². The smallest absolute Gasteiger partial charge is 0.305 e. The van der Waals surface area contributed by atoms with Crippen LogP contribution in [0.15, 0.2) is 67.3 Å². The zero-order chi connectivity index (χ0) is 26.3. The molecule has 1 atom stereocenters. The Balaban J connectivity index is 1.26. The number of hydrogen-bond acceptors (Lipinski definition) is 8. The van der Waals surface area contributed by atoms with Crippen molar-refractivity contribution in [2.45, 2.75) is 31.7 Å². The van der Waals surface area contributed by atoms with Gasteiger partial charge in [-0.15, -0.1) is 0 Å². The number of nitrogens with zero attached hydrogens (tertiary/aromatic N) is 4. The Kier molecular flexibility index (Phi) is 7.58. The second-order valence-electron chi connectivity index (χ2n) is 9.05. The first-order chi connectivity index (χ1) is 18.6. The predicted molar refractivity (Wildman–Crippen MR) is 145 cm³/mol. The van der Waals surface area contributed by atoms with Crippen molar-refractivity contribution in [1.82, 2.24) is 19.7 Å². The van der Waals surface area contributed by atoms with Crippen LogP contribution in [0.3, 0.4) is 0 Å². The van der Waals surface area contributed by atoms with Crippen molar-refractivity contribution >= 4 is 23.7 Å². The fourth-order valence-corrected chi connectivity index (χ4v) is 4.43. The summed E-state index contributed by atoms with van der Waals surface area (Å²) in [5, 5.41) is 28.4. The van der Waals surface area contributed by atoms with E-state index in [4.69, 9.17) is 15.1 Å². The molecule has 5 rings (SSSR count). The minimum absolute atomic E-state index is 0.152. The molecule has 38 heavy (non-hydrogen) atoms. The quantitative estimate of drug-likeness (QED) is 0.219. The predicted octanol–water partition coefficient (Wildman–Crippen LogP) is 4.27. The topological polar surface area (TPSA) is 138 Å². The summed E-state index contributed by atoms with van der Waals surface area (Å²) in [4.78, 5) is 20.3. The van der Waals surface area contributed by atoms with E-state index in [1.165, 1.54) is 11.8 Å². The average Bonchev–Trinajstić information content (AvgIpc) is 3.44. The highest BCUT2D eigenvalue weighted by Crippen LogP contribution is 2.28. The van der Waals surface area contributed by atoms with E-state index in [9.17, 15) is 9.90 Å². The van der Waals surface area contributed by atoms with Crippen molar-refractivity contribution < 1.29 is 14.6 Å². The fourth-order valence-electron chi connectivity index (χ4n) is 4.43. The molecule has 0 spiro atoms. The van der Waals surface area contributed by atoms with Crippen LogP contribution in [0.4, 0.5) is 11.5 Å². The van der Waals surface area contributed by atoms with Gasteiger partial charge in [0.2, 0.25) is 0 Å². The summed E-state index contributed by atoms with van der Waals surface area (Å²) in [6.45, 7) is 1.40. The Morgan fingerprint density at radius 3 is 2.92 bits per heavy atom. The van der Waals surface area contributed by atoms with Crippen LogP contribution in [0.1, 0.15) is 41.3 Å². The molecule has 4 aromatic rings. The standard InChI is InChI=1S/C28H29N7O3/c29-16-20-14-24(38-13-9-22-4-3-19-2-1-10-31-28(19)33-22)5-6-25(20)34-26(15-27(36)37)21-17-32-35(18-21)23-7-11-30-12-8-23/h3-8,11-12,14,16-18,26,29,34H,1-2,9-10,13,15H2,(H,31,33)(H,36,37). The van der Waals surface area contributed by atoms with E-state index in [0.717, 1.165) is 36.6 Å². The number of aliphatic carboxylic acids is 1. The third-order valence-corrected chi connectivity index (χ3v) is 6.40. The van der Waals surface area contributed by atoms with Crippen LogP contribution in [-0.2, 0) is 17.6 Å². The highest BCUT2D eigenvalue weighted by atomic mass is 16.5. The van der Waals surface area contributed by atoms with Crippen LogP contribution in [0.25, 0.3) is 5.69 Å². The lowest BCUT2D eigenvalue weighted by Gasteiger charge is -2.19. The molecule has 4 heterocycles. The Morgan fingerprint density at radius 1 is 1.24 bits per heavy atom. The first kappa shape index (κ1) is 24.9. The molecule has 1 unspecified atom stereocenters. The highest BCUT2D eigenvalue weighted by molar-refractivity contribution is 5.86. The highest BCUT2D eigenvalue weighted by Gasteiger charge is 2.19. The number of nitrogens with one attached hydrogen (secondary N) is 3. The SMILES string of the molecule is N=Cc1cc(OCCc2ccc3c(n2)NCCC3)ccc1NC(CC(=O)O)c1cnn(-c2ccncc2)c1. The first-order valence-corrected chi connectivity index (χ1v) is 12.5. The molecule has 0 bridgehead atoms. The minimum Gasteiger partial charge on any atom is -0.493 e. The van der Waals surface area contributed by atoms with Gasteiger partial charge in [0, 0.05) is 60.3 Å². The molecule has 0 fully saturated rings. The molecule has 0 amide bonds. The van der Waals surface area contributed by atoms with Gasteiger partial charge in [0.1, 0.15) is 11.6 Å². The van der Waals surface area contributed by atoms with E-state index in [0.29, 0.717) is 35.6 Å². The number of carboxylic acids is 1. The first-order valence-electron chi connectivity index (χ1n) is 12.5. The Morgan fingerprint density at radius 2 is 2.11 bits per heavy atom. The van der Waals surface area contributed by atoms with Crippen LogP contribution in [-0.4, -0.2) is 50.2 Å². The molecular formula is C28H29N7O3. The number of pyridine rings is 2. The lowest BCUT2D eigenvalue weighted by molar-refractivity contribution is -0.137. The lowest BCUT2D eigenvalue weighted by Crippen LogP contribution is -2.16. The van der Waals surface area contributed by atoms with E-state index in [1.807, 2.05) is 24.3 Å². The molecular weight excluding hydrogens is 482 g/mol. The van der Waals surface area contributed by atoms with Gasteiger partial charge in [-0.1, -0.05) is 6.07 Å². The van der Waals surface area contributed by atoms with Crippen molar-refractivity contribution in [2.75, 3.05) is 23.8 Å². The van der Waals surface area contributed by atoms with Crippen molar-refractivity contribution in [3.63, 3.8) is 0 Å². The average molecular weight is 512 g/mol. The number of aromatic nitrogens is 4. The molecule has 10 heteroatoms. The molecule has 0 radical (unpaired) electrons. The fraction of sp³-hybridized carbons (Fsp3) is 0.250. The largest absolute Gasteiger partial charge is 0.493 e. The molecule has 0 saturated heterocycles. The van der Waals surface area contributed by atoms with Crippen molar-refractivity contribution in [3.05, 3.63) is 89.6 Å². The van der Waals surface area contributed by atoms with E-state index >= 15 is 0 Å². The van der Waals surface area contributed by atoms with Gasteiger partial charge in [-0.2, -0.15) is 5.10 Å². The van der Waals surface area contributed by atoms with Crippen LogP contribution in [0.5, 0.6) is 5.75 Å². The number of aryl methyl sites for hydroxylation is 1. The summed E-state index contributed by atoms with van der Waals surface area (Å²) >= 11 is 0. The number of fused-ring (bicyclic) bond motifs is 1. The number of ether oxygens (including phenoxy) is 1. The van der Waals surface area contributed by atoms with Gasteiger partial charge in [-0.05, 0) is 54.8 Å². The Labute approximate surface area is 220 Å². The maximum absolute atomic E-state index is 11.6. The summed E-state index contributed by atoms with van der Waals surface area (Å²) < 4.78 is 7.63. The van der Waals surface area contributed by atoms with Crippen molar-refractivity contribution in [1.29, 1.82) is 5.41 Å². The lowest BCUT2D eigenvalue weighted by atomic mass is 10.1. The molecule has 4 N–H and O–H groups in total. The molecule has 3 aromatic heterocycles. The van der Waals surface area contributed by atoms with Crippen LogP contribution in [0, 0.1) is 5.41 Å². The third kappa shape index (κ3) is 5.97. The summed E-state index contributed by atoms with van der Waals surface area (Å²) in [5.74, 6) is 0.657. The number of hydrogen-bond donors (Lipinski definition) is 4. The third-order valence-electron chi connectivity index (χ3n) is 6.40. The number of benzene rings is 1. The second kappa shape index (κ2) is 11.5. The van der Waals surface area contributed by atoms with Gasteiger partial charge in [-0.3, -0.25) is 9.78 Å². The van der Waals surface area contributed by atoms with Gasteiger partial charge in [-0.25, -0.2) is 9.67 Å². The second-order valence-corrected chi connectivity index (χ2v) is 9.05. The number of rotatable bonds is 11. The maximum atomic E-state index is 11.6. The van der Waals surface area contributed by atoms with E-state index in [2.05, 4.69) is 26.8 Å². The van der Waals surface area contributed by atoms with E-state index in [1.54, 1.807) is 41.6 Å². The summed E-state index contributed by atoms with van der Waals surface area (Å²) in [7, 11) is 0. The van der Waals surface area contributed by atoms with Crippen LogP contribution >= 0.6 is 0 Å². The molecule has 1 aliphatic heterocycles. The zero-order valence-electron chi connectivity index (χ0n) is 20.8. The maximum Gasteiger partial charge on any atom is 0.305 e. The molecule has 10 nitrogen and oxygen atoms in total. The summed E-state index contributed by atoms with van der Waals surface area (Å²) in [6.07, 6.45) is 10.7. The monoisotopic (exact) mass is 511 g/mol. The van der Waals surface area contributed by atoms with Crippen molar-refractivity contribution in [2.24, 2.45) is 0 Å². The van der Waals surface area contributed by atoms with Gasteiger partial charge >= 0.3 is 5.97 Å². The summed E-state index contributed by atoms with van der Waals surface area (Å²) in [5.41, 5.74) is 4.99. The number of carboxylic acid groups (broad SMARTS) is 1. The molecule has 1 aliphatic rings. The van der Waals surface area contributed by atoms with E-state index in [-0.39, 0.29) is 6.42 Å². The number of anilines is 2. The van der Waals surface area contributed by atoms with Gasteiger partial charge in [0.15, 0.2) is 0 Å². The van der Waals surface area contributed by atoms with Crippen LogP contribution in [0.2, 0.25) is 0 Å².